The minimum absolute atomic E-state index is 0.182. The Hall–Kier alpha value is -1.30. The van der Waals surface area contributed by atoms with Gasteiger partial charge in [0, 0.05) is 17.6 Å². The van der Waals surface area contributed by atoms with Gasteiger partial charge in [0.15, 0.2) is 0 Å². The molecule has 2 N–H and O–H groups in total. The van der Waals surface area contributed by atoms with Gasteiger partial charge in [-0.1, -0.05) is 28.4 Å². The number of ether oxygens (including phenoxy) is 1. The lowest BCUT2D eigenvalue weighted by atomic mass is 10.3. The minimum atomic E-state index is 0.182. The van der Waals surface area contributed by atoms with Crippen LogP contribution in [0.25, 0.3) is 0 Å². The summed E-state index contributed by atoms with van der Waals surface area (Å²) in [7, 11) is 0. The Bertz CT molecular complexity index is 598. The summed E-state index contributed by atoms with van der Waals surface area (Å²) in [4.78, 5) is 0. The van der Waals surface area contributed by atoms with Gasteiger partial charge in [-0.2, -0.15) is 0 Å². The van der Waals surface area contributed by atoms with E-state index < -0.39 is 0 Å². The average Bonchev–Trinajstić information content (AvgIpc) is 2.80. The van der Waals surface area contributed by atoms with Crippen LogP contribution in [0, 0.1) is 0 Å². The molecule has 2 aromatic rings. The molecule has 0 spiro atoms. The molecule has 5 nitrogen and oxygen atoms in total. The van der Waals surface area contributed by atoms with Crippen LogP contribution in [0.1, 0.15) is 31.3 Å². The van der Waals surface area contributed by atoms with Crippen LogP contribution >= 0.6 is 23.2 Å². The molecule has 0 radical (unpaired) electrons. The lowest BCUT2D eigenvalue weighted by Gasteiger charge is -2.12. The highest BCUT2D eigenvalue weighted by atomic mass is 35.5. The maximum atomic E-state index is 6.07. The van der Waals surface area contributed by atoms with E-state index in [4.69, 9.17) is 33.7 Å². The quantitative estimate of drug-likeness (QED) is 0.920. The van der Waals surface area contributed by atoms with Crippen molar-refractivity contribution in [1.82, 2.24) is 15.0 Å². The van der Waals surface area contributed by atoms with Crippen molar-refractivity contribution >= 4 is 23.2 Å². The predicted molar refractivity (Wildman–Crippen MR) is 79.1 cm³/mol. The Morgan fingerprint density at radius 1 is 1.35 bits per heavy atom. The highest BCUT2D eigenvalue weighted by molar-refractivity contribution is 6.35. The van der Waals surface area contributed by atoms with E-state index in [1.165, 1.54) is 0 Å². The topological polar surface area (TPSA) is 66.0 Å². The zero-order valence-electron chi connectivity index (χ0n) is 11.3. The summed E-state index contributed by atoms with van der Waals surface area (Å²) in [5, 5.41) is 9.18. The van der Waals surface area contributed by atoms with Gasteiger partial charge >= 0.3 is 0 Å². The third-order valence-electron chi connectivity index (χ3n) is 2.81. The normalized spacial score (nSPS) is 11.1. The molecule has 7 heteroatoms. The van der Waals surface area contributed by atoms with Crippen molar-refractivity contribution in [1.29, 1.82) is 0 Å². The number of hydrogen-bond donors (Lipinski definition) is 1. The van der Waals surface area contributed by atoms with Crippen molar-refractivity contribution in [3.8, 4) is 5.75 Å². The van der Waals surface area contributed by atoms with Gasteiger partial charge < -0.3 is 10.5 Å². The van der Waals surface area contributed by atoms with E-state index in [0.29, 0.717) is 28.9 Å². The maximum absolute atomic E-state index is 6.07. The number of nitrogens with zero attached hydrogens (tertiary/aromatic N) is 3. The Morgan fingerprint density at radius 2 is 2.10 bits per heavy atom. The van der Waals surface area contributed by atoms with Crippen molar-refractivity contribution < 1.29 is 4.74 Å². The summed E-state index contributed by atoms with van der Waals surface area (Å²) in [6.07, 6.45) is 0. The van der Waals surface area contributed by atoms with Gasteiger partial charge in [0.1, 0.15) is 23.7 Å². The summed E-state index contributed by atoms with van der Waals surface area (Å²) in [5.74, 6) is 0.565. The molecule has 0 bridgehead atoms. The largest absolute Gasteiger partial charge is 0.486 e. The Labute approximate surface area is 127 Å². The van der Waals surface area contributed by atoms with Crippen molar-refractivity contribution in [3.63, 3.8) is 0 Å². The second-order valence-corrected chi connectivity index (χ2v) is 5.43. The molecule has 1 aromatic heterocycles. The summed E-state index contributed by atoms with van der Waals surface area (Å²) in [6.45, 7) is 4.67. The molecule has 0 amide bonds. The Kier molecular flexibility index (Phi) is 4.86. The van der Waals surface area contributed by atoms with E-state index in [0.717, 1.165) is 11.4 Å². The van der Waals surface area contributed by atoms with Crippen LogP contribution < -0.4 is 10.5 Å². The highest BCUT2D eigenvalue weighted by Crippen LogP contribution is 2.28. The van der Waals surface area contributed by atoms with E-state index in [-0.39, 0.29) is 6.04 Å². The van der Waals surface area contributed by atoms with Crippen LogP contribution in [0.5, 0.6) is 5.75 Å². The predicted octanol–water partition coefficient (Wildman–Crippen LogP) is 3.20. The molecule has 0 unspecified atom stereocenters. The molecule has 0 fully saturated rings. The van der Waals surface area contributed by atoms with Gasteiger partial charge in [-0.25, -0.2) is 4.68 Å². The SMILES string of the molecule is CC(C)n1nnc(CN)c1COc1ccc(Cl)cc1Cl. The Morgan fingerprint density at radius 3 is 2.70 bits per heavy atom. The van der Waals surface area contributed by atoms with Gasteiger partial charge in [0.05, 0.1) is 5.02 Å². The lowest BCUT2D eigenvalue weighted by Crippen LogP contribution is -2.12. The second-order valence-electron chi connectivity index (χ2n) is 4.59. The third-order valence-corrected chi connectivity index (χ3v) is 3.34. The molecular formula is C13H16Cl2N4O. The molecule has 1 aromatic carbocycles. The maximum Gasteiger partial charge on any atom is 0.138 e. The number of aromatic nitrogens is 3. The van der Waals surface area contributed by atoms with Crippen LogP contribution in [0.15, 0.2) is 18.2 Å². The number of rotatable bonds is 5. The van der Waals surface area contributed by atoms with Crippen LogP contribution in [0.3, 0.4) is 0 Å². The fraction of sp³-hybridized carbons (Fsp3) is 0.385. The fourth-order valence-electron chi connectivity index (χ4n) is 1.81. The van der Waals surface area contributed by atoms with Crippen LogP contribution in [0.4, 0.5) is 0 Å². The first-order valence-electron chi connectivity index (χ1n) is 6.23. The molecule has 2 rings (SSSR count). The molecule has 0 saturated heterocycles. The first-order chi connectivity index (χ1) is 9.52. The molecule has 0 saturated carbocycles. The van der Waals surface area contributed by atoms with Gasteiger partial charge in [-0.3, -0.25) is 0 Å². The summed E-state index contributed by atoms with van der Waals surface area (Å²) in [5.41, 5.74) is 7.25. The lowest BCUT2D eigenvalue weighted by molar-refractivity contribution is 0.286. The zero-order valence-corrected chi connectivity index (χ0v) is 12.8. The van der Waals surface area contributed by atoms with Crippen LogP contribution in [0.2, 0.25) is 10.0 Å². The molecule has 0 atom stereocenters. The smallest absolute Gasteiger partial charge is 0.138 e. The van der Waals surface area contributed by atoms with Crippen molar-refractivity contribution in [2.24, 2.45) is 5.73 Å². The molecular weight excluding hydrogens is 299 g/mol. The van der Waals surface area contributed by atoms with E-state index in [9.17, 15) is 0 Å². The molecule has 0 aliphatic heterocycles. The average molecular weight is 315 g/mol. The highest BCUT2D eigenvalue weighted by Gasteiger charge is 2.15. The monoisotopic (exact) mass is 314 g/mol. The molecule has 20 heavy (non-hydrogen) atoms. The molecule has 0 aliphatic carbocycles. The zero-order chi connectivity index (χ0) is 14.7. The Balaban J connectivity index is 2.20. The number of hydrogen-bond acceptors (Lipinski definition) is 4. The number of nitrogens with two attached hydrogens (primary N) is 1. The van der Waals surface area contributed by atoms with Gasteiger partial charge in [0.2, 0.25) is 0 Å². The van der Waals surface area contributed by atoms with Gasteiger partial charge in [-0.05, 0) is 32.0 Å². The number of benzene rings is 1. The van der Waals surface area contributed by atoms with E-state index in [2.05, 4.69) is 10.3 Å². The minimum Gasteiger partial charge on any atom is -0.486 e. The van der Waals surface area contributed by atoms with E-state index in [1.807, 2.05) is 13.8 Å². The third kappa shape index (κ3) is 3.23. The summed E-state index contributed by atoms with van der Waals surface area (Å²) >= 11 is 11.9. The van der Waals surface area contributed by atoms with Crippen LogP contribution in [-0.4, -0.2) is 15.0 Å². The van der Waals surface area contributed by atoms with Crippen molar-refractivity contribution in [2.45, 2.75) is 33.0 Å². The van der Waals surface area contributed by atoms with Crippen molar-refractivity contribution in [2.75, 3.05) is 0 Å². The van der Waals surface area contributed by atoms with Crippen LogP contribution in [-0.2, 0) is 13.2 Å². The summed E-state index contributed by atoms with van der Waals surface area (Å²) in [6, 6.07) is 5.28. The molecule has 108 valence electrons. The first kappa shape index (κ1) is 15.1. The van der Waals surface area contributed by atoms with Crippen molar-refractivity contribution in [3.05, 3.63) is 39.6 Å². The summed E-state index contributed by atoms with van der Waals surface area (Å²) < 4.78 is 7.52. The molecule has 1 heterocycles. The molecule has 0 aliphatic rings. The van der Waals surface area contributed by atoms with Gasteiger partial charge in [-0.15, -0.1) is 5.10 Å². The number of halogens is 2. The second kappa shape index (κ2) is 6.43. The standard InChI is InChI=1S/C13H16Cl2N4O/c1-8(2)19-12(11(6-16)17-18-19)7-20-13-4-3-9(14)5-10(13)15/h3-5,8H,6-7,16H2,1-2H3. The van der Waals surface area contributed by atoms with E-state index >= 15 is 0 Å². The fourth-order valence-corrected chi connectivity index (χ4v) is 2.27. The first-order valence-corrected chi connectivity index (χ1v) is 6.99. The van der Waals surface area contributed by atoms with Gasteiger partial charge in [0.25, 0.3) is 0 Å². The van der Waals surface area contributed by atoms with E-state index in [1.54, 1.807) is 22.9 Å².